The topological polar surface area (TPSA) is 82.6 Å². The molecule has 1 aromatic heterocycles. The van der Waals surface area contributed by atoms with Gasteiger partial charge in [-0.1, -0.05) is 0 Å². The number of anilines is 1. The fraction of sp³-hybridized carbons (Fsp3) is 0.538. The maximum atomic E-state index is 12.2. The number of sulfone groups is 1. The number of hydrogen-bond donors (Lipinski definition) is 1. The molecule has 0 bridgehead atoms. The second-order valence-electron chi connectivity index (χ2n) is 5.08. The van der Waals surface area contributed by atoms with E-state index in [2.05, 4.69) is 10.3 Å². The van der Waals surface area contributed by atoms with Crippen molar-refractivity contribution in [1.82, 2.24) is 15.2 Å². The molecule has 1 N–H and O–H groups in total. The van der Waals surface area contributed by atoms with Crippen molar-refractivity contribution in [3.63, 3.8) is 0 Å². The van der Waals surface area contributed by atoms with E-state index in [0.717, 1.165) is 19.3 Å². The summed E-state index contributed by atoms with van der Waals surface area (Å²) in [5, 5.41) is 3.18. The van der Waals surface area contributed by atoms with Crippen LogP contribution < -0.4 is 10.2 Å². The maximum absolute atomic E-state index is 12.2. The Morgan fingerprint density at radius 1 is 1.43 bits per heavy atom. The minimum absolute atomic E-state index is 0.0240. The second-order valence-corrected chi connectivity index (χ2v) is 7.07. The molecule has 2 heterocycles. The quantitative estimate of drug-likeness (QED) is 0.796. The summed E-state index contributed by atoms with van der Waals surface area (Å²) in [7, 11) is -1.70. The molecule has 21 heavy (non-hydrogen) atoms. The van der Waals surface area contributed by atoms with Gasteiger partial charge in [0.05, 0.1) is 6.54 Å². The number of amides is 1. The number of likely N-dealkylation sites (N-methyl/N-ethyl adjacent to an activating group) is 1. The molecule has 0 aliphatic carbocycles. The zero-order valence-corrected chi connectivity index (χ0v) is 13.1. The van der Waals surface area contributed by atoms with Gasteiger partial charge in [0.1, 0.15) is 10.7 Å². The van der Waals surface area contributed by atoms with Crippen molar-refractivity contribution in [3.8, 4) is 0 Å². The van der Waals surface area contributed by atoms with E-state index in [0.29, 0.717) is 18.9 Å². The number of rotatable bonds is 4. The van der Waals surface area contributed by atoms with Gasteiger partial charge >= 0.3 is 0 Å². The van der Waals surface area contributed by atoms with Gasteiger partial charge in [-0.3, -0.25) is 4.79 Å². The molecule has 116 valence electrons. The van der Waals surface area contributed by atoms with Crippen molar-refractivity contribution < 1.29 is 13.2 Å². The first-order valence-corrected chi connectivity index (χ1v) is 8.63. The summed E-state index contributed by atoms with van der Waals surface area (Å²) in [4.78, 5) is 19.8. The SMILES string of the molecule is CN(CC(=O)N1CCNCC1)c1ncccc1S(C)(=O)=O. The molecule has 1 aliphatic rings. The molecule has 7 nitrogen and oxygen atoms in total. The first-order chi connectivity index (χ1) is 9.89. The van der Waals surface area contributed by atoms with Crippen molar-refractivity contribution in [2.45, 2.75) is 4.90 Å². The van der Waals surface area contributed by atoms with Crippen molar-refractivity contribution in [1.29, 1.82) is 0 Å². The van der Waals surface area contributed by atoms with E-state index < -0.39 is 9.84 Å². The zero-order chi connectivity index (χ0) is 15.5. The molecule has 0 aromatic carbocycles. The van der Waals surface area contributed by atoms with Crippen LogP contribution in [-0.4, -0.2) is 70.2 Å². The zero-order valence-electron chi connectivity index (χ0n) is 12.2. The molecule has 8 heteroatoms. The molecule has 1 amide bonds. The minimum atomic E-state index is -3.38. The average molecular weight is 312 g/mol. The van der Waals surface area contributed by atoms with Crippen LogP contribution in [0.5, 0.6) is 0 Å². The van der Waals surface area contributed by atoms with Gasteiger partial charge in [-0.05, 0) is 12.1 Å². The van der Waals surface area contributed by atoms with Gasteiger partial charge in [-0.2, -0.15) is 0 Å². The van der Waals surface area contributed by atoms with E-state index in [-0.39, 0.29) is 17.3 Å². The summed E-state index contributed by atoms with van der Waals surface area (Å²) in [6.07, 6.45) is 2.66. The lowest BCUT2D eigenvalue weighted by molar-refractivity contribution is -0.130. The van der Waals surface area contributed by atoms with Crippen LogP contribution in [0.15, 0.2) is 23.2 Å². The lowest BCUT2D eigenvalue weighted by Gasteiger charge is -2.29. The second kappa shape index (κ2) is 6.40. The van der Waals surface area contributed by atoms with Crippen LogP contribution in [0.2, 0.25) is 0 Å². The van der Waals surface area contributed by atoms with Gasteiger partial charge in [0, 0.05) is 45.7 Å². The molecule has 1 aromatic rings. The van der Waals surface area contributed by atoms with Gasteiger partial charge in [0.25, 0.3) is 0 Å². The van der Waals surface area contributed by atoms with Gasteiger partial charge in [-0.25, -0.2) is 13.4 Å². The van der Waals surface area contributed by atoms with Gasteiger partial charge in [0.15, 0.2) is 9.84 Å². The lowest BCUT2D eigenvalue weighted by atomic mass is 10.3. The predicted octanol–water partition coefficient (Wildman–Crippen LogP) is -0.647. The van der Waals surface area contributed by atoms with Crippen LogP contribution >= 0.6 is 0 Å². The molecule has 0 unspecified atom stereocenters. The van der Waals surface area contributed by atoms with Gasteiger partial charge in [-0.15, -0.1) is 0 Å². The number of carbonyl (C=O) groups is 1. The molecule has 1 saturated heterocycles. The summed E-state index contributed by atoms with van der Waals surface area (Å²) in [6, 6.07) is 3.08. The molecule has 0 saturated carbocycles. The third-order valence-electron chi connectivity index (χ3n) is 3.35. The molecule has 1 fully saturated rings. The first kappa shape index (κ1) is 15.7. The highest BCUT2D eigenvalue weighted by molar-refractivity contribution is 7.90. The van der Waals surface area contributed by atoms with E-state index in [1.807, 2.05) is 0 Å². The van der Waals surface area contributed by atoms with Crippen LogP contribution in [-0.2, 0) is 14.6 Å². The fourth-order valence-electron chi connectivity index (χ4n) is 2.25. The maximum Gasteiger partial charge on any atom is 0.242 e. The monoisotopic (exact) mass is 312 g/mol. The summed E-state index contributed by atoms with van der Waals surface area (Å²) >= 11 is 0. The summed E-state index contributed by atoms with van der Waals surface area (Å²) in [5.41, 5.74) is 0. The third kappa shape index (κ3) is 3.92. The van der Waals surface area contributed by atoms with Gasteiger partial charge < -0.3 is 15.1 Å². The first-order valence-electron chi connectivity index (χ1n) is 6.74. The van der Waals surface area contributed by atoms with Crippen molar-refractivity contribution >= 4 is 21.6 Å². The van der Waals surface area contributed by atoms with Crippen molar-refractivity contribution in [2.75, 3.05) is 50.9 Å². The Morgan fingerprint density at radius 3 is 2.71 bits per heavy atom. The summed E-state index contributed by atoms with van der Waals surface area (Å²) in [6.45, 7) is 3.03. The molecule has 1 aliphatic heterocycles. The largest absolute Gasteiger partial charge is 0.349 e. The molecular formula is C13H20N4O3S. The Kier molecular flexibility index (Phi) is 4.79. The number of carbonyl (C=O) groups excluding carboxylic acids is 1. The number of piperazine rings is 1. The van der Waals surface area contributed by atoms with Crippen molar-refractivity contribution in [2.24, 2.45) is 0 Å². The number of hydrogen-bond acceptors (Lipinski definition) is 6. The summed E-state index contributed by atoms with van der Waals surface area (Å²) in [5.74, 6) is 0.285. The van der Waals surface area contributed by atoms with E-state index in [1.54, 1.807) is 22.9 Å². The Labute approximate surface area is 124 Å². The Bertz CT molecular complexity index is 612. The number of aromatic nitrogens is 1. The van der Waals surface area contributed by atoms with Gasteiger partial charge in [0.2, 0.25) is 5.91 Å². The van der Waals surface area contributed by atoms with E-state index >= 15 is 0 Å². The highest BCUT2D eigenvalue weighted by Gasteiger charge is 2.22. The molecule has 2 rings (SSSR count). The smallest absolute Gasteiger partial charge is 0.242 e. The highest BCUT2D eigenvalue weighted by atomic mass is 32.2. The number of nitrogens with one attached hydrogen (secondary N) is 1. The van der Waals surface area contributed by atoms with Crippen LogP contribution in [0, 0.1) is 0 Å². The van der Waals surface area contributed by atoms with E-state index in [4.69, 9.17) is 0 Å². The normalized spacial score (nSPS) is 15.8. The number of nitrogens with zero attached hydrogens (tertiary/aromatic N) is 3. The molecular weight excluding hydrogens is 292 g/mol. The average Bonchev–Trinajstić information content (AvgIpc) is 2.47. The molecule has 0 spiro atoms. The molecule has 0 atom stereocenters. The van der Waals surface area contributed by atoms with Crippen LogP contribution in [0.25, 0.3) is 0 Å². The Hall–Kier alpha value is -1.67. The molecule has 0 radical (unpaired) electrons. The third-order valence-corrected chi connectivity index (χ3v) is 4.47. The lowest BCUT2D eigenvalue weighted by Crippen LogP contribution is -2.49. The minimum Gasteiger partial charge on any atom is -0.349 e. The van der Waals surface area contributed by atoms with E-state index in [1.165, 1.54) is 12.3 Å². The summed E-state index contributed by atoms with van der Waals surface area (Å²) < 4.78 is 23.6. The van der Waals surface area contributed by atoms with E-state index in [9.17, 15) is 13.2 Å². The van der Waals surface area contributed by atoms with Crippen molar-refractivity contribution in [3.05, 3.63) is 18.3 Å². The van der Waals surface area contributed by atoms with Crippen LogP contribution in [0.1, 0.15) is 0 Å². The predicted molar refractivity (Wildman–Crippen MR) is 80.1 cm³/mol. The standard InChI is InChI=1S/C13H20N4O3S/c1-16(10-12(18)17-8-6-14-7-9-17)13-11(21(2,19)20)4-3-5-15-13/h3-5,14H,6-10H2,1-2H3. The Balaban J connectivity index is 2.13. The highest BCUT2D eigenvalue weighted by Crippen LogP contribution is 2.21. The Morgan fingerprint density at radius 2 is 2.10 bits per heavy atom. The number of pyridine rings is 1. The van der Waals surface area contributed by atoms with Crippen LogP contribution in [0.4, 0.5) is 5.82 Å². The van der Waals surface area contributed by atoms with Crippen LogP contribution in [0.3, 0.4) is 0 Å². The fourth-order valence-corrected chi connectivity index (χ4v) is 3.12.